The summed E-state index contributed by atoms with van der Waals surface area (Å²) in [7, 11) is 0. The van der Waals surface area contributed by atoms with Crippen LogP contribution in [0.15, 0.2) is 0 Å². The molecule has 0 aromatic heterocycles. The Kier molecular flexibility index (Phi) is 4.46. The molecule has 0 aromatic rings. The fourth-order valence-electron chi connectivity index (χ4n) is 1.11. The van der Waals surface area contributed by atoms with E-state index in [0.29, 0.717) is 13.0 Å². The van der Waals surface area contributed by atoms with Crippen LogP contribution in [0.4, 0.5) is 0 Å². The molecule has 0 aromatic carbocycles. The third kappa shape index (κ3) is 3.45. The van der Waals surface area contributed by atoms with Crippen LogP contribution in [0.3, 0.4) is 0 Å². The van der Waals surface area contributed by atoms with Crippen LogP contribution in [-0.2, 0) is 9.53 Å². The van der Waals surface area contributed by atoms with Crippen molar-refractivity contribution in [3.05, 3.63) is 0 Å². The van der Waals surface area contributed by atoms with Crippen LogP contribution in [0.1, 0.15) is 13.3 Å². The van der Waals surface area contributed by atoms with Gasteiger partial charge >= 0.3 is 5.97 Å². The molecule has 1 fully saturated rings. The normalized spacial score (nSPS) is 23.6. The largest absolute Gasteiger partial charge is 0.466 e. The summed E-state index contributed by atoms with van der Waals surface area (Å²) in [5, 5.41) is 4.33. The summed E-state index contributed by atoms with van der Waals surface area (Å²) < 4.78 is 4.84. The first-order valence-corrected chi connectivity index (χ1v) is 5.38. The summed E-state index contributed by atoms with van der Waals surface area (Å²) in [5.41, 5.74) is 0. The third-order valence-corrected chi connectivity index (χ3v) is 2.73. The molecule has 0 amide bonds. The predicted octanol–water partition coefficient (Wildman–Crippen LogP) is 0.659. The van der Waals surface area contributed by atoms with Gasteiger partial charge in [0, 0.05) is 24.1 Å². The van der Waals surface area contributed by atoms with Gasteiger partial charge in [-0.2, -0.15) is 11.8 Å². The van der Waals surface area contributed by atoms with Gasteiger partial charge in [0.15, 0.2) is 0 Å². The SMILES string of the molecule is CCOC(=O)CC1CSCC[N]1. The lowest BCUT2D eigenvalue weighted by Crippen LogP contribution is -2.33. The van der Waals surface area contributed by atoms with E-state index in [1.165, 1.54) is 0 Å². The first-order chi connectivity index (χ1) is 5.83. The zero-order valence-corrected chi connectivity index (χ0v) is 8.10. The second-order valence-corrected chi connectivity index (χ2v) is 3.79. The van der Waals surface area contributed by atoms with Crippen LogP contribution in [0.2, 0.25) is 0 Å². The van der Waals surface area contributed by atoms with E-state index in [4.69, 9.17) is 4.74 Å². The van der Waals surface area contributed by atoms with Gasteiger partial charge in [0.25, 0.3) is 0 Å². The Labute approximate surface area is 77.2 Å². The second kappa shape index (κ2) is 5.43. The molecule has 0 N–H and O–H groups in total. The van der Waals surface area contributed by atoms with Gasteiger partial charge in [-0.05, 0) is 6.92 Å². The average Bonchev–Trinajstić information content (AvgIpc) is 2.06. The molecule has 0 spiro atoms. The van der Waals surface area contributed by atoms with Crippen molar-refractivity contribution in [3.63, 3.8) is 0 Å². The van der Waals surface area contributed by atoms with Gasteiger partial charge in [-0.15, -0.1) is 0 Å². The van der Waals surface area contributed by atoms with E-state index in [2.05, 4.69) is 5.32 Å². The van der Waals surface area contributed by atoms with Gasteiger partial charge in [-0.3, -0.25) is 4.79 Å². The molecule has 69 valence electrons. The molecule has 1 saturated heterocycles. The first-order valence-electron chi connectivity index (χ1n) is 4.23. The summed E-state index contributed by atoms with van der Waals surface area (Å²) in [6.07, 6.45) is 0.459. The number of thioether (sulfide) groups is 1. The number of rotatable bonds is 3. The number of hydrogen-bond donors (Lipinski definition) is 0. The van der Waals surface area contributed by atoms with E-state index >= 15 is 0 Å². The first kappa shape index (κ1) is 9.86. The predicted molar refractivity (Wildman–Crippen MR) is 49.4 cm³/mol. The van der Waals surface area contributed by atoms with Gasteiger partial charge in [0.05, 0.1) is 13.0 Å². The van der Waals surface area contributed by atoms with Crippen molar-refractivity contribution in [1.29, 1.82) is 0 Å². The van der Waals surface area contributed by atoms with Gasteiger partial charge < -0.3 is 4.74 Å². The molecule has 1 atom stereocenters. The summed E-state index contributed by atoms with van der Waals surface area (Å²) in [6, 6.07) is 0.197. The van der Waals surface area contributed by atoms with E-state index in [9.17, 15) is 4.79 Å². The fraction of sp³-hybridized carbons (Fsp3) is 0.875. The highest BCUT2D eigenvalue weighted by Gasteiger charge is 2.18. The lowest BCUT2D eigenvalue weighted by atomic mass is 10.2. The smallest absolute Gasteiger partial charge is 0.307 e. The number of hydrogen-bond acceptors (Lipinski definition) is 3. The molecule has 3 nitrogen and oxygen atoms in total. The van der Waals surface area contributed by atoms with Crippen molar-refractivity contribution in [2.24, 2.45) is 0 Å². The topological polar surface area (TPSA) is 40.4 Å². The molecular formula is C8H14NO2S. The lowest BCUT2D eigenvalue weighted by Gasteiger charge is -2.19. The minimum absolute atomic E-state index is 0.117. The number of nitrogens with zero attached hydrogens (tertiary/aromatic N) is 1. The fourth-order valence-corrected chi connectivity index (χ4v) is 2.00. The van der Waals surface area contributed by atoms with Gasteiger partial charge in [0.1, 0.15) is 0 Å². The molecular weight excluding hydrogens is 174 g/mol. The maximum Gasteiger partial charge on any atom is 0.307 e. The maximum atomic E-state index is 11.0. The molecule has 1 radical (unpaired) electrons. The molecule has 1 aliphatic heterocycles. The Morgan fingerprint density at radius 1 is 1.75 bits per heavy atom. The van der Waals surface area contributed by atoms with Gasteiger partial charge in [-0.1, -0.05) is 0 Å². The molecule has 1 aliphatic rings. The molecule has 1 unspecified atom stereocenters. The van der Waals surface area contributed by atoms with Gasteiger partial charge in [0.2, 0.25) is 0 Å². The van der Waals surface area contributed by atoms with Crippen molar-refractivity contribution in [3.8, 4) is 0 Å². The van der Waals surface area contributed by atoms with Crippen LogP contribution in [0, 0.1) is 0 Å². The second-order valence-electron chi connectivity index (χ2n) is 2.64. The Morgan fingerprint density at radius 3 is 3.17 bits per heavy atom. The highest BCUT2D eigenvalue weighted by molar-refractivity contribution is 7.99. The zero-order valence-electron chi connectivity index (χ0n) is 7.28. The Morgan fingerprint density at radius 2 is 2.58 bits per heavy atom. The Hall–Kier alpha value is -0.220. The Balaban J connectivity index is 2.15. The van der Waals surface area contributed by atoms with Gasteiger partial charge in [-0.25, -0.2) is 5.32 Å². The molecule has 0 bridgehead atoms. The van der Waals surface area contributed by atoms with Crippen molar-refractivity contribution in [2.45, 2.75) is 19.4 Å². The van der Waals surface area contributed by atoms with Crippen LogP contribution < -0.4 is 5.32 Å². The average molecular weight is 188 g/mol. The molecule has 0 aliphatic carbocycles. The highest BCUT2D eigenvalue weighted by Crippen LogP contribution is 2.11. The molecule has 1 rings (SSSR count). The summed E-state index contributed by atoms with van der Waals surface area (Å²) in [5.74, 6) is 1.95. The standard InChI is InChI=1S/C8H14NO2S/c1-2-11-8(10)5-7-6-12-4-3-9-7/h7H,2-6H2,1H3. The summed E-state index contributed by atoms with van der Waals surface area (Å²) in [6.45, 7) is 3.18. The van der Waals surface area contributed by atoms with E-state index in [-0.39, 0.29) is 12.0 Å². The Bertz CT molecular complexity index is 146. The minimum atomic E-state index is -0.117. The monoisotopic (exact) mass is 188 g/mol. The minimum Gasteiger partial charge on any atom is -0.466 e. The molecule has 12 heavy (non-hydrogen) atoms. The van der Waals surface area contributed by atoms with Crippen molar-refractivity contribution in [1.82, 2.24) is 5.32 Å². The summed E-state index contributed by atoms with van der Waals surface area (Å²) in [4.78, 5) is 11.0. The number of carbonyl (C=O) groups excluding carboxylic acids is 1. The molecule has 1 heterocycles. The van der Waals surface area contributed by atoms with Crippen LogP contribution in [-0.4, -0.2) is 36.7 Å². The van der Waals surface area contributed by atoms with E-state index in [1.54, 1.807) is 0 Å². The highest BCUT2D eigenvalue weighted by atomic mass is 32.2. The van der Waals surface area contributed by atoms with E-state index in [1.807, 2.05) is 18.7 Å². The number of carbonyl (C=O) groups is 1. The maximum absolute atomic E-state index is 11.0. The van der Waals surface area contributed by atoms with E-state index < -0.39 is 0 Å². The zero-order chi connectivity index (χ0) is 8.81. The number of esters is 1. The number of ether oxygens (including phenoxy) is 1. The van der Waals surface area contributed by atoms with Crippen LogP contribution in [0.5, 0.6) is 0 Å². The third-order valence-electron chi connectivity index (χ3n) is 1.64. The van der Waals surface area contributed by atoms with Crippen molar-refractivity contribution >= 4 is 17.7 Å². The van der Waals surface area contributed by atoms with Crippen LogP contribution >= 0.6 is 11.8 Å². The molecule has 4 heteroatoms. The molecule has 0 saturated carbocycles. The quantitative estimate of drug-likeness (QED) is 0.611. The van der Waals surface area contributed by atoms with E-state index in [0.717, 1.165) is 18.1 Å². The van der Waals surface area contributed by atoms with Crippen molar-refractivity contribution < 1.29 is 9.53 Å². The van der Waals surface area contributed by atoms with Crippen LogP contribution in [0.25, 0.3) is 0 Å². The van der Waals surface area contributed by atoms with Crippen molar-refractivity contribution in [2.75, 3.05) is 24.7 Å². The lowest BCUT2D eigenvalue weighted by molar-refractivity contribution is -0.143. The summed E-state index contributed by atoms with van der Waals surface area (Å²) >= 11 is 1.86.